The van der Waals surface area contributed by atoms with Gasteiger partial charge in [-0.3, -0.25) is 15.1 Å². The summed E-state index contributed by atoms with van der Waals surface area (Å²) < 4.78 is 0. The number of nitrogens with one attached hydrogen (secondary N) is 1. The van der Waals surface area contributed by atoms with Crippen molar-refractivity contribution < 1.29 is 4.79 Å². The minimum atomic E-state index is -0.153. The maximum absolute atomic E-state index is 11.2. The number of benzene rings is 1. The summed E-state index contributed by atoms with van der Waals surface area (Å²) in [5.41, 5.74) is 4.49. The second-order valence-electron chi connectivity index (χ2n) is 6.44. The van der Waals surface area contributed by atoms with Crippen LogP contribution in [0.15, 0.2) is 24.3 Å². The van der Waals surface area contributed by atoms with Crippen molar-refractivity contribution in [1.82, 2.24) is 10.3 Å². The van der Waals surface area contributed by atoms with Gasteiger partial charge in [-0.1, -0.05) is 38.1 Å². The van der Waals surface area contributed by atoms with E-state index >= 15 is 0 Å². The Morgan fingerprint density at radius 1 is 1.29 bits per heavy atom. The van der Waals surface area contributed by atoms with Crippen LogP contribution in [0.5, 0.6) is 0 Å². The summed E-state index contributed by atoms with van der Waals surface area (Å²) in [6, 6.07) is 9.09. The Kier molecular flexibility index (Phi) is 5.76. The Labute approximate surface area is 127 Å². The lowest BCUT2D eigenvalue weighted by Crippen LogP contribution is -2.31. The van der Waals surface area contributed by atoms with Gasteiger partial charge in [-0.2, -0.15) is 0 Å². The minimum Gasteiger partial charge on any atom is -0.296 e. The molecule has 1 aliphatic rings. The zero-order valence-electron chi connectivity index (χ0n) is 13.1. The molecule has 0 heterocycles. The summed E-state index contributed by atoms with van der Waals surface area (Å²) in [4.78, 5) is 13.8. The van der Waals surface area contributed by atoms with Gasteiger partial charge in [0, 0.05) is 12.6 Å². The van der Waals surface area contributed by atoms with E-state index in [0.717, 1.165) is 24.1 Å². The fraction of sp³-hybridized carbons (Fsp3) is 0.588. The summed E-state index contributed by atoms with van der Waals surface area (Å²) in [6.07, 6.45) is 4.28. The molecule has 1 aliphatic carbocycles. The average Bonchev–Trinajstić information content (AvgIpc) is 3.29. The number of amides is 1. The maximum Gasteiger partial charge on any atom is 0.238 e. The first-order valence-corrected chi connectivity index (χ1v) is 7.89. The topological polar surface area (TPSA) is 58.4 Å². The fourth-order valence-electron chi connectivity index (χ4n) is 2.49. The van der Waals surface area contributed by atoms with E-state index < -0.39 is 0 Å². The molecule has 2 rings (SSSR count). The van der Waals surface area contributed by atoms with Crippen LogP contribution in [0, 0.1) is 5.92 Å². The molecule has 0 radical (unpaired) electrons. The summed E-state index contributed by atoms with van der Waals surface area (Å²) >= 11 is 0. The Morgan fingerprint density at radius 3 is 2.43 bits per heavy atom. The first-order chi connectivity index (χ1) is 10.1. The second kappa shape index (κ2) is 7.57. The van der Waals surface area contributed by atoms with Gasteiger partial charge in [-0.25, -0.2) is 5.84 Å². The van der Waals surface area contributed by atoms with Crippen molar-refractivity contribution in [2.75, 3.05) is 6.54 Å². The van der Waals surface area contributed by atoms with E-state index in [1.165, 1.54) is 31.4 Å². The third kappa shape index (κ3) is 5.48. The molecule has 0 unspecified atom stereocenters. The minimum absolute atomic E-state index is 0.153. The number of hydrogen-bond acceptors (Lipinski definition) is 3. The molecule has 4 nitrogen and oxygen atoms in total. The molecule has 0 saturated heterocycles. The van der Waals surface area contributed by atoms with Crippen molar-refractivity contribution >= 4 is 5.91 Å². The third-order valence-electron chi connectivity index (χ3n) is 3.99. The molecule has 0 spiro atoms. The zero-order chi connectivity index (χ0) is 15.2. The van der Waals surface area contributed by atoms with Crippen LogP contribution in [-0.2, 0) is 17.8 Å². The van der Waals surface area contributed by atoms with Crippen LogP contribution in [0.25, 0.3) is 0 Å². The highest BCUT2D eigenvalue weighted by Crippen LogP contribution is 2.29. The van der Waals surface area contributed by atoms with Crippen LogP contribution in [0.2, 0.25) is 0 Å². The number of hydrogen-bond donors (Lipinski definition) is 2. The van der Waals surface area contributed by atoms with Crippen molar-refractivity contribution in [3.8, 4) is 0 Å². The quantitative estimate of drug-likeness (QED) is 0.438. The predicted octanol–water partition coefficient (Wildman–Crippen LogP) is 2.23. The van der Waals surface area contributed by atoms with Gasteiger partial charge < -0.3 is 0 Å². The van der Waals surface area contributed by atoms with Crippen molar-refractivity contribution in [2.45, 2.75) is 52.1 Å². The molecule has 4 heteroatoms. The van der Waals surface area contributed by atoms with Gasteiger partial charge in [-0.05, 0) is 42.9 Å². The average molecular weight is 289 g/mol. The molecular weight excluding hydrogens is 262 g/mol. The smallest absolute Gasteiger partial charge is 0.238 e. The summed E-state index contributed by atoms with van der Waals surface area (Å²) in [7, 11) is 0. The molecule has 1 aromatic carbocycles. The lowest BCUT2D eigenvalue weighted by atomic mass is 10.1. The lowest BCUT2D eigenvalue weighted by Gasteiger charge is -2.23. The SMILES string of the molecule is CC(C)CCN(Cc1ccc(CC(=O)NN)cc1)C1CC1. The van der Waals surface area contributed by atoms with Crippen LogP contribution in [0.3, 0.4) is 0 Å². The molecule has 0 aliphatic heterocycles. The molecule has 0 bridgehead atoms. The van der Waals surface area contributed by atoms with Gasteiger partial charge in [0.1, 0.15) is 0 Å². The molecule has 1 saturated carbocycles. The Bertz CT molecular complexity index is 452. The molecule has 0 aromatic heterocycles. The van der Waals surface area contributed by atoms with E-state index in [9.17, 15) is 4.79 Å². The van der Waals surface area contributed by atoms with E-state index in [1.807, 2.05) is 12.1 Å². The van der Waals surface area contributed by atoms with Crippen molar-refractivity contribution in [3.05, 3.63) is 35.4 Å². The van der Waals surface area contributed by atoms with E-state index in [4.69, 9.17) is 5.84 Å². The Balaban J connectivity index is 1.89. The highest BCUT2D eigenvalue weighted by Gasteiger charge is 2.28. The molecule has 0 atom stereocenters. The van der Waals surface area contributed by atoms with Crippen LogP contribution in [0.1, 0.15) is 44.2 Å². The summed E-state index contributed by atoms with van der Waals surface area (Å²) in [6.45, 7) is 6.76. The van der Waals surface area contributed by atoms with Crippen LogP contribution in [-0.4, -0.2) is 23.4 Å². The third-order valence-corrected chi connectivity index (χ3v) is 3.99. The molecule has 1 fully saturated rings. The van der Waals surface area contributed by atoms with Crippen molar-refractivity contribution in [1.29, 1.82) is 0 Å². The molecule has 116 valence electrons. The van der Waals surface area contributed by atoms with Gasteiger partial charge >= 0.3 is 0 Å². The van der Waals surface area contributed by atoms with E-state index in [2.05, 4.69) is 36.3 Å². The van der Waals surface area contributed by atoms with E-state index in [1.54, 1.807) is 0 Å². The first-order valence-electron chi connectivity index (χ1n) is 7.89. The molecule has 1 amide bonds. The number of hydrazine groups is 1. The number of rotatable bonds is 8. The molecule has 1 aromatic rings. The van der Waals surface area contributed by atoms with E-state index in [-0.39, 0.29) is 5.91 Å². The van der Waals surface area contributed by atoms with Gasteiger partial charge in [0.15, 0.2) is 0 Å². The molecule has 21 heavy (non-hydrogen) atoms. The van der Waals surface area contributed by atoms with Gasteiger partial charge in [0.05, 0.1) is 6.42 Å². The standard InChI is InChI=1S/C17H27N3O/c1-13(2)9-10-20(16-7-8-16)12-15-5-3-14(4-6-15)11-17(21)19-18/h3-6,13,16H,7-12,18H2,1-2H3,(H,19,21). The number of carbonyl (C=O) groups excluding carboxylic acids is 1. The van der Waals surface area contributed by atoms with Gasteiger partial charge in [-0.15, -0.1) is 0 Å². The second-order valence-corrected chi connectivity index (χ2v) is 6.44. The first kappa shape index (κ1) is 16.0. The highest BCUT2D eigenvalue weighted by molar-refractivity contribution is 5.77. The largest absolute Gasteiger partial charge is 0.296 e. The maximum atomic E-state index is 11.2. The van der Waals surface area contributed by atoms with Crippen molar-refractivity contribution in [3.63, 3.8) is 0 Å². The Hall–Kier alpha value is -1.39. The normalized spacial score (nSPS) is 14.7. The molecule has 3 N–H and O–H groups in total. The van der Waals surface area contributed by atoms with Gasteiger partial charge in [0.25, 0.3) is 0 Å². The Morgan fingerprint density at radius 2 is 1.90 bits per heavy atom. The monoisotopic (exact) mass is 289 g/mol. The number of nitrogens with two attached hydrogens (primary N) is 1. The fourth-order valence-corrected chi connectivity index (χ4v) is 2.49. The summed E-state index contributed by atoms with van der Waals surface area (Å²) in [5, 5.41) is 0. The summed E-state index contributed by atoms with van der Waals surface area (Å²) in [5.74, 6) is 5.71. The van der Waals surface area contributed by atoms with Crippen LogP contribution in [0.4, 0.5) is 0 Å². The number of nitrogens with zero attached hydrogens (tertiary/aromatic N) is 1. The van der Waals surface area contributed by atoms with Crippen LogP contribution >= 0.6 is 0 Å². The zero-order valence-corrected chi connectivity index (χ0v) is 13.1. The molecular formula is C17H27N3O. The lowest BCUT2D eigenvalue weighted by molar-refractivity contribution is -0.120. The predicted molar refractivity (Wildman–Crippen MR) is 85.4 cm³/mol. The van der Waals surface area contributed by atoms with Gasteiger partial charge in [0.2, 0.25) is 5.91 Å². The van der Waals surface area contributed by atoms with E-state index in [0.29, 0.717) is 6.42 Å². The highest BCUT2D eigenvalue weighted by atomic mass is 16.2. The van der Waals surface area contributed by atoms with Crippen LogP contribution < -0.4 is 11.3 Å². The van der Waals surface area contributed by atoms with Crippen molar-refractivity contribution in [2.24, 2.45) is 11.8 Å². The number of carbonyl (C=O) groups is 1.